The molecule has 0 fully saturated rings. The van der Waals surface area contributed by atoms with Gasteiger partial charge in [0.25, 0.3) is 0 Å². The molecule has 6 nitrogen and oxygen atoms in total. The number of rotatable bonds is 8. The summed E-state index contributed by atoms with van der Waals surface area (Å²) < 4.78 is 15.1. The molecule has 0 amide bonds. The van der Waals surface area contributed by atoms with Crippen molar-refractivity contribution < 1.29 is 18.8 Å². The summed E-state index contributed by atoms with van der Waals surface area (Å²) in [5.74, 6) is 0.124. The van der Waals surface area contributed by atoms with Gasteiger partial charge < -0.3 is 14.0 Å². The number of hydrogen-bond donors (Lipinski definition) is 0. The third-order valence-electron chi connectivity index (χ3n) is 2.46. The Kier molecular flexibility index (Phi) is 6.35. The number of carbonyl (C=O) groups excluding carboxylic acids is 1. The van der Waals surface area contributed by atoms with Crippen LogP contribution in [0.1, 0.15) is 44.3 Å². The quantitative estimate of drug-likeness (QED) is 0.659. The Morgan fingerprint density at radius 2 is 2.22 bits per heavy atom. The van der Waals surface area contributed by atoms with Crippen molar-refractivity contribution >= 4 is 5.97 Å². The normalized spacial score (nSPS) is 12.4. The number of ether oxygens (including phenoxy) is 2. The van der Waals surface area contributed by atoms with E-state index in [1.807, 2.05) is 6.92 Å². The molecule has 1 aromatic rings. The Hall–Kier alpha value is -1.43. The second-order valence-electron chi connectivity index (χ2n) is 3.88. The molecule has 1 aromatic heterocycles. The lowest BCUT2D eigenvalue weighted by Crippen LogP contribution is -2.16. The van der Waals surface area contributed by atoms with E-state index in [9.17, 15) is 4.79 Å². The maximum Gasteiger partial charge on any atom is 0.318 e. The van der Waals surface area contributed by atoms with Crippen molar-refractivity contribution in [2.75, 3.05) is 20.3 Å². The summed E-state index contributed by atoms with van der Waals surface area (Å²) in [7, 11) is 1.61. The van der Waals surface area contributed by atoms with Gasteiger partial charge in [-0.3, -0.25) is 4.79 Å². The van der Waals surface area contributed by atoms with Crippen molar-refractivity contribution in [3.8, 4) is 0 Å². The maximum absolute atomic E-state index is 11.8. The Bertz CT molecular complexity index is 365. The Labute approximate surface area is 107 Å². The Balaban J connectivity index is 2.72. The lowest BCUT2D eigenvalue weighted by molar-refractivity contribution is -0.145. The molecule has 6 heteroatoms. The zero-order chi connectivity index (χ0) is 13.4. The molecule has 18 heavy (non-hydrogen) atoms. The highest BCUT2D eigenvalue weighted by Gasteiger charge is 2.27. The number of esters is 1. The molecule has 0 aliphatic heterocycles. The summed E-state index contributed by atoms with van der Waals surface area (Å²) in [5, 5.41) is 3.83. The summed E-state index contributed by atoms with van der Waals surface area (Å²) in [6.45, 7) is 4.65. The second kappa shape index (κ2) is 7.81. The average Bonchev–Trinajstić information content (AvgIpc) is 2.82. The molecule has 0 radical (unpaired) electrons. The first-order valence-corrected chi connectivity index (χ1v) is 6.20. The number of carbonyl (C=O) groups is 1. The maximum atomic E-state index is 11.8. The molecule has 1 heterocycles. The second-order valence-corrected chi connectivity index (χ2v) is 3.88. The third-order valence-corrected chi connectivity index (χ3v) is 2.46. The first-order valence-electron chi connectivity index (χ1n) is 6.20. The van der Waals surface area contributed by atoms with Crippen molar-refractivity contribution in [3.05, 3.63) is 11.7 Å². The SMILES string of the molecule is CCCC(C(=O)OCC)c1nc(CCOC)no1. The molecule has 0 aromatic carbocycles. The van der Waals surface area contributed by atoms with Crippen LogP contribution in [0.25, 0.3) is 0 Å². The van der Waals surface area contributed by atoms with Crippen LogP contribution in [0.15, 0.2) is 4.52 Å². The van der Waals surface area contributed by atoms with E-state index in [1.165, 1.54) is 0 Å². The van der Waals surface area contributed by atoms with E-state index in [-0.39, 0.29) is 5.97 Å². The molecule has 0 bridgehead atoms. The molecule has 0 aliphatic rings. The van der Waals surface area contributed by atoms with Crippen LogP contribution in [-0.2, 0) is 20.7 Å². The van der Waals surface area contributed by atoms with Gasteiger partial charge in [0.2, 0.25) is 5.89 Å². The van der Waals surface area contributed by atoms with Crippen LogP contribution in [0.4, 0.5) is 0 Å². The van der Waals surface area contributed by atoms with Gasteiger partial charge in [-0.2, -0.15) is 4.98 Å². The topological polar surface area (TPSA) is 74.5 Å². The lowest BCUT2D eigenvalue weighted by atomic mass is 10.0. The van der Waals surface area contributed by atoms with Gasteiger partial charge in [-0.15, -0.1) is 0 Å². The fourth-order valence-electron chi connectivity index (χ4n) is 1.58. The Morgan fingerprint density at radius 1 is 1.44 bits per heavy atom. The van der Waals surface area contributed by atoms with Gasteiger partial charge >= 0.3 is 5.97 Å². The molecular weight excluding hydrogens is 236 g/mol. The van der Waals surface area contributed by atoms with E-state index in [2.05, 4.69) is 10.1 Å². The van der Waals surface area contributed by atoms with Gasteiger partial charge in [-0.1, -0.05) is 18.5 Å². The molecular formula is C12H20N2O4. The smallest absolute Gasteiger partial charge is 0.318 e. The minimum absolute atomic E-state index is 0.304. The molecule has 1 unspecified atom stereocenters. The van der Waals surface area contributed by atoms with Crippen LogP contribution in [0.5, 0.6) is 0 Å². The van der Waals surface area contributed by atoms with Gasteiger partial charge in [0, 0.05) is 13.5 Å². The van der Waals surface area contributed by atoms with E-state index in [0.29, 0.717) is 37.8 Å². The zero-order valence-corrected chi connectivity index (χ0v) is 11.1. The van der Waals surface area contributed by atoms with E-state index in [4.69, 9.17) is 14.0 Å². The summed E-state index contributed by atoms with van der Waals surface area (Å²) >= 11 is 0. The van der Waals surface area contributed by atoms with E-state index < -0.39 is 5.92 Å². The van der Waals surface area contributed by atoms with Crippen molar-refractivity contribution in [1.29, 1.82) is 0 Å². The van der Waals surface area contributed by atoms with Crippen molar-refractivity contribution in [1.82, 2.24) is 10.1 Å². The van der Waals surface area contributed by atoms with Crippen LogP contribution in [0.2, 0.25) is 0 Å². The fourth-order valence-corrected chi connectivity index (χ4v) is 1.58. The van der Waals surface area contributed by atoms with Crippen molar-refractivity contribution in [2.24, 2.45) is 0 Å². The summed E-state index contributed by atoms with van der Waals surface area (Å²) in [6, 6.07) is 0. The van der Waals surface area contributed by atoms with Gasteiger partial charge in [0.1, 0.15) is 5.92 Å². The van der Waals surface area contributed by atoms with Crippen LogP contribution in [0.3, 0.4) is 0 Å². The highest BCUT2D eigenvalue weighted by Crippen LogP contribution is 2.21. The zero-order valence-electron chi connectivity index (χ0n) is 11.1. The molecule has 0 saturated heterocycles. The van der Waals surface area contributed by atoms with Gasteiger partial charge in [0.15, 0.2) is 5.82 Å². The molecule has 0 N–H and O–H groups in total. The highest BCUT2D eigenvalue weighted by molar-refractivity contribution is 5.76. The standard InChI is InChI=1S/C12H20N2O4/c1-4-6-9(12(15)17-5-2)11-13-10(14-18-11)7-8-16-3/h9H,4-8H2,1-3H3. The minimum Gasteiger partial charge on any atom is -0.465 e. The van der Waals surface area contributed by atoms with Crippen molar-refractivity contribution in [2.45, 2.75) is 39.0 Å². The minimum atomic E-state index is -0.459. The third kappa shape index (κ3) is 4.10. The molecule has 1 rings (SSSR count). The first kappa shape index (κ1) is 14.6. The fraction of sp³-hybridized carbons (Fsp3) is 0.750. The van der Waals surface area contributed by atoms with Crippen molar-refractivity contribution in [3.63, 3.8) is 0 Å². The highest BCUT2D eigenvalue weighted by atomic mass is 16.5. The molecule has 0 spiro atoms. The van der Waals surface area contributed by atoms with Crippen LogP contribution >= 0.6 is 0 Å². The van der Waals surface area contributed by atoms with Gasteiger partial charge in [0.05, 0.1) is 13.2 Å². The van der Waals surface area contributed by atoms with Gasteiger partial charge in [-0.05, 0) is 13.3 Å². The van der Waals surface area contributed by atoms with Gasteiger partial charge in [-0.25, -0.2) is 0 Å². The number of nitrogens with zero attached hydrogens (tertiary/aromatic N) is 2. The summed E-state index contributed by atoms with van der Waals surface area (Å²) in [6.07, 6.45) is 2.06. The van der Waals surface area contributed by atoms with E-state index in [1.54, 1.807) is 14.0 Å². The van der Waals surface area contributed by atoms with Crippen LogP contribution < -0.4 is 0 Å². The number of methoxy groups -OCH3 is 1. The van der Waals surface area contributed by atoms with Crippen LogP contribution in [-0.4, -0.2) is 36.4 Å². The monoisotopic (exact) mass is 256 g/mol. The molecule has 0 saturated carbocycles. The first-order chi connectivity index (χ1) is 8.72. The number of hydrogen-bond acceptors (Lipinski definition) is 6. The molecule has 1 atom stereocenters. The van der Waals surface area contributed by atoms with Crippen LogP contribution in [0, 0.1) is 0 Å². The Morgan fingerprint density at radius 3 is 2.83 bits per heavy atom. The predicted octanol–water partition coefficient (Wildman–Crippen LogP) is 1.71. The largest absolute Gasteiger partial charge is 0.465 e. The molecule has 0 aliphatic carbocycles. The predicted molar refractivity (Wildman–Crippen MR) is 64.2 cm³/mol. The molecule has 102 valence electrons. The lowest BCUT2D eigenvalue weighted by Gasteiger charge is -2.09. The summed E-state index contributed by atoms with van der Waals surface area (Å²) in [4.78, 5) is 16.0. The average molecular weight is 256 g/mol. The van der Waals surface area contributed by atoms with E-state index >= 15 is 0 Å². The summed E-state index contributed by atoms with van der Waals surface area (Å²) in [5.41, 5.74) is 0. The van der Waals surface area contributed by atoms with E-state index in [0.717, 1.165) is 6.42 Å². The number of aromatic nitrogens is 2.